The van der Waals surface area contributed by atoms with Crippen LogP contribution in [0, 0.1) is 23.7 Å². The first-order chi connectivity index (χ1) is 26.7. The average molecular weight is 958 g/mol. The first kappa shape index (κ1) is 63.6. The van der Waals surface area contributed by atoms with E-state index in [1.54, 1.807) is 13.8 Å². The zero-order chi connectivity index (χ0) is 43.3. The fourth-order valence-corrected chi connectivity index (χ4v) is 8.35. The summed E-state index contributed by atoms with van der Waals surface area (Å²) in [5.74, 6) is -1.78. The molecule has 0 spiro atoms. The Kier molecular flexibility index (Phi) is 49.2. The molecule has 0 radical (unpaired) electrons. The van der Waals surface area contributed by atoms with Crippen molar-refractivity contribution in [1.29, 1.82) is 0 Å². The number of unbranched alkanes of at least 4 members (excludes halogenated alkanes) is 6. The molecular weight excluding hydrogens is 880 g/mol. The van der Waals surface area contributed by atoms with Crippen molar-refractivity contribution >= 4 is 89.8 Å². The molecule has 0 bridgehead atoms. The fourth-order valence-electron chi connectivity index (χ4n) is 5.03. The van der Waals surface area contributed by atoms with Crippen molar-refractivity contribution in [3.63, 3.8) is 0 Å². The third kappa shape index (κ3) is 35.3. The number of carbonyl (C=O) groups excluding carboxylic acids is 4. The molecule has 0 rings (SSSR count). The molecule has 0 fully saturated rings. The maximum atomic E-state index is 12.6. The van der Waals surface area contributed by atoms with Crippen LogP contribution in [-0.4, -0.2) is 102 Å². The van der Waals surface area contributed by atoms with Gasteiger partial charge in [0.2, 0.25) is 0 Å². The first-order valence-electron chi connectivity index (χ1n) is 20.8. The van der Waals surface area contributed by atoms with Crippen LogP contribution >= 0.6 is 28.1 Å². The van der Waals surface area contributed by atoms with Crippen molar-refractivity contribution in [2.24, 2.45) is 23.7 Å². The van der Waals surface area contributed by atoms with Crippen LogP contribution in [0.1, 0.15) is 145 Å². The summed E-state index contributed by atoms with van der Waals surface area (Å²) in [7, 11) is 2.29. The van der Waals surface area contributed by atoms with Gasteiger partial charge in [-0.05, 0) is 62.6 Å². The topological polar surface area (TPSA) is 112 Å². The number of carbonyl (C=O) groups is 4. The maximum Gasteiger partial charge on any atom is 1.00 e. The van der Waals surface area contributed by atoms with Gasteiger partial charge in [-0.15, -0.1) is 0 Å². The van der Waals surface area contributed by atoms with E-state index in [1.165, 1.54) is 39.9 Å². The number of halogens is 1. The van der Waals surface area contributed by atoms with Gasteiger partial charge in [-0.3, -0.25) is 19.2 Å². The van der Waals surface area contributed by atoms with E-state index in [0.717, 1.165) is 77.5 Å². The van der Waals surface area contributed by atoms with Crippen molar-refractivity contribution < 1.29 is 67.7 Å². The van der Waals surface area contributed by atoms with Gasteiger partial charge in [-0.2, -0.15) is 0 Å². The third-order valence-electron chi connectivity index (χ3n) is 8.80. The largest absolute Gasteiger partial charge is 1.00 e. The summed E-state index contributed by atoms with van der Waals surface area (Å²) in [5, 5.41) is 0.499. The summed E-state index contributed by atoms with van der Waals surface area (Å²) in [6, 6.07) is 0. The van der Waals surface area contributed by atoms with E-state index >= 15 is 0 Å². The second-order valence-electron chi connectivity index (χ2n) is 14.0. The van der Waals surface area contributed by atoms with Gasteiger partial charge in [0.05, 0.1) is 51.1 Å². The van der Waals surface area contributed by atoms with Crippen LogP contribution in [0.4, 0.5) is 0 Å². The minimum Gasteiger partial charge on any atom is -0.469 e. The number of ether oxygens (including phenoxy) is 4. The van der Waals surface area contributed by atoms with E-state index in [-0.39, 0.29) is 77.1 Å². The normalized spacial score (nSPS) is 13.1. The average Bonchev–Trinajstić information content (AvgIpc) is 3.19. The number of methoxy groups -OCH3 is 2. The molecular formula is C41H78BrN2NaO8S4. The molecule has 0 heterocycles. The molecule has 0 aliphatic heterocycles. The van der Waals surface area contributed by atoms with Gasteiger partial charge >= 0.3 is 53.4 Å². The molecule has 0 aromatic carbocycles. The van der Waals surface area contributed by atoms with Crippen LogP contribution in [0.5, 0.6) is 0 Å². The van der Waals surface area contributed by atoms with E-state index in [1.807, 2.05) is 6.92 Å². The summed E-state index contributed by atoms with van der Waals surface area (Å²) in [5.41, 5.74) is 0. The second-order valence-corrected chi connectivity index (χ2v) is 18.3. The van der Waals surface area contributed by atoms with Gasteiger partial charge in [-0.25, -0.2) is 4.31 Å². The predicted octanol–water partition coefficient (Wildman–Crippen LogP) is 6.31. The monoisotopic (exact) mass is 956 g/mol. The Morgan fingerprint density at radius 1 is 0.632 bits per heavy atom. The number of hydrogen-bond donors (Lipinski definition) is 0. The summed E-state index contributed by atoms with van der Waals surface area (Å²) < 4.78 is 23.0. The van der Waals surface area contributed by atoms with Crippen LogP contribution < -0.4 is 29.6 Å². The van der Waals surface area contributed by atoms with E-state index in [2.05, 4.69) is 64.5 Å². The molecule has 0 N–H and O–H groups in total. The smallest absolute Gasteiger partial charge is 0.469 e. The number of esters is 4. The Bertz CT molecular complexity index is 1050. The van der Waals surface area contributed by atoms with E-state index in [9.17, 15) is 19.2 Å². The van der Waals surface area contributed by atoms with Crippen LogP contribution in [0.15, 0.2) is 0 Å². The molecule has 16 heteroatoms. The molecule has 0 aliphatic carbocycles. The summed E-state index contributed by atoms with van der Waals surface area (Å²) in [4.78, 5) is 49.5. The number of hydrogen-bond acceptors (Lipinski definition) is 11. The van der Waals surface area contributed by atoms with Crippen LogP contribution in [0.3, 0.4) is 0 Å². The summed E-state index contributed by atoms with van der Waals surface area (Å²) >= 11 is 19.0. The predicted molar refractivity (Wildman–Crippen MR) is 246 cm³/mol. The van der Waals surface area contributed by atoms with E-state index in [0.29, 0.717) is 41.5 Å². The molecule has 5 unspecified atom stereocenters. The molecule has 332 valence electrons. The summed E-state index contributed by atoms with van der Waals surface area (Å²) in [6.45, 7) is 21.3. The van der Waals surface area contributed by atoms with Crippen LogP contribution in [0.2, 0.25) is 0 Å². The molecule has 0 aromatic rings. The minimum atomic E-state index is -0.437. The molecule has 57 heavy (non-hydrogen) atoms. The maximum absolute atomic E-state index is 12.6. The van der Waals surface area contributed by atoms with Crippen LogP contribution in [0.25, 0.3) is 0 Å². The molecule has 5 atom stereocenters. The van der Waals surface area contributed by atoms with Crippen molar-refractivity contribution in [1.82, 2.24) is 9.21 Å². The number of nitrogens with zero attached hydrogens (tertiary/aromatic N) is 2. The fraction of sp³-hybridized carbons (Fsp3) is 0.878. The standard InChI is InChI=1S/C20H39NO4S2.C12H21BrO4.C9H19NS2.Na/c1-6-9-12-21(13-10-7-2)27(26)16-18(15-17(4)19(22)24-5)20(23)25-14-11-8-3;1-4-5-6-17-12(15)10(8-13)7-9(2)11(14)16-3;1-3-5-7-10(9(11)12)8-6-4-2;/h17-18H,6-16H2,1-5H3;9-10H,4-8H2,1-3H3;3-8H2,1-2H3,(H,11,12);/q;;;+1/p-1. The Balaban J connectivity index is -0.000000400. The van der Waals surface area contributed by atoms with Crippen molar-refractivity contribution in [3.05, 3.63) is 0 Å². The molecule has 0 saturated heterocycles. The zero-order valence-electron chi connectivity index (χ0n) is 37.5. The van der Waals surface area contributed by atoms with Gasteiger partial charge in [0, 0.05) is 37.3 Å². The van der Waals surface area contributed by atoms with Crippen molar-refractivity contribution in [2.75, 3.05) is 64.7 Å². The Morgan fingerprint density at radius 3 is 1.32 bits per heavy atom. The number of rotatable bonds is 30. The van der Waals surface area contributed by atoms with Crippen molar-refractivity contribution in [2.45, 2.75) is 145 Å². The Labute approximate surface area is 397 Å². The van der Waals surface area contributed by atoms with Gasteiger partial charge in [-0.1, -0.05) is 124 Å². The first-order valence-corrected chi connectivity index (χ1v) is 25.0. The van der Waals surface area contributed by atoms with Crippen molar-refractivity contribution in [3.8, 4) is 0 Å². The Morgan fingerprint density at radius 2 is 0.982 bits per heavy atom. The SMILES string of the molecule is CCCCN(CCCC)C(=S)[S-].CCCCOC(=O)C(CBr)CC(C)C(=O)OC.CCCCOC(=O)C(CC(C)C(=O)OC)CS(=S)N(CCCC)CCCC.[Na+]. The van der Waals surface area contributed by atoms with E-state index in [4.69, 9.17) is 50.2 Å². The van der Waals surface area contributed by atoms with Gasteiger partial charge in [0.1, 0.15) is 0 Å². The van der Waals surface area contributed by atoms with Gasteiger partial charge in [0.25, 0.3) is 0 Å². The molecule has 0 aliphatic rings. The molecule has 0 saturated carbocycles. The Hall–Kier alpha value is -0.000000000000000222. The molecule has 0 amide bonds. The number of thiocarbonyl (C=S) groups is 1. The molecule has 10 nitrogen and oxygen atoms in total. The summed E-state index contributed by atoms with van der Waals surface area (Å²) in [6.07, 6.45) is 13.8. The minimum absolute atomic E-state index is 0. The zero-order valence-corrected chi connectivity index (χ0v) is 44.4. The second kappa shape index (κ2) is 44.1. The molecule has 0 aromatic heterocycles. The van der Waals surface area contributed by atoms with Crippen LogP contribution in [-0.2, 0) is 71.6 Å². The van der Waals surface area contributed by atoms with Gasteiger partial charge < -0.3 is 48.7 Å². The van der Waals surface area contributed by atoms with Gasteiger partial charge in [0.15, 0.2) is 0 Å². The van der Waals surface area contributed by atoms with E-state index < -0.39 is 9.64 Å². The quantitative estimate of drug-likeness (QED) is 0.0153. The number of alkyl halides is 1. The third-order valence-corrected chi connectivity index (χ3v) is 12.8.